The van der Waals surface area contributed by atoms with Gasteiger partial charge in [0.1, 0.15) is 6.61 Å². The Balaban J connectivity index is 3.07. The van der Waals surface area contributed by atoms with Gasteiger partial charge in [0.2, 0.25) is 5.82 Å². The molecule has 0 fully saturated rings. The van der Waals surface area contributed by atoms with Gasteiger partial charge in [-0.05, 0) is 17.6 Å². The van der Waals surface area contributed by atoms with Crippen LogP contribution in [0.5, 0.6) is 5.75 Å². The second-order valence-electron chi connectivity index (χ2n) is 2.79. The molecule has 0 heterocycles. The minimum atomic E-state index is -1.87. The third-order valence-electron chi connectivity index (χ3n) is 1.67. The summed E-state index contributed by atoms with van der Waals surface area (Å²) in [5.41, 5.74) is -0.173. The molecular weight excluding hydrogens is 205 g/mol. The molecule has 1 rings (SSSR count). The number of hydrogen-bond donors (Lipinski definition) is 2. The van der Waals surface area contributed by atoms with E-state index in [1.807, 2.05) is 0 Å². The average molecular weight is 214 g/mol. The summed E-state index contributed by atoms with van der Waals surface area (Å²) >= 11 is 0. The number of ether oxygens (including phenoxy) is 1. The van der Waals surface area contributed by atoms with Crippen molar-refractivity contribution >= 4 is 12.6 Å². The van der Waals surface area contributed by atoms with E-state index in [-0.39, 0.29) is 17.8 Å². The van der Waals surface area contributed by atoms with Crippen LogP contribution in [-0.2, 0) is 0 Å². The van der Waals surface area contributed by atoms with Crippen LogP contribution in [0.1, 0.15) is 0 Å². The smallest absolute Gasteiger partial charge is 0.486 e. The summed E-state index contributed by atoms with van der Waals surface area (Å²) in [4.78, 5) is 0. The van der Waals surface area contributed by atoms with Gasteiger partial charge >= 0.3 is 7.12 Å². The molecule has 0 aliphatic rings. The number of rotatable bonds is 4. The van der Waals surface area contributed by atoms with E-state index in [9.17, 15) is 8.78 Å². The third kappa shape index (κ3) is 2.77. The van der Waals surface area contributed by atoms with Crippen LogP contribution in [0.15, 0.2) is 24.8 Å². The minimum Gasteiger partial charge on any atom is -0.486 e. The van der Waals surface area contributed by atoms with Gasteiger partial charge in [-0.2, -0.15) is 4.39 Å². The van der Waals surface area contributed by atoms with E-state index in [0.717, 1.165) is 6.07 Å². The Labute approximate surface area is 85.8 Å². The minimum absolute atomic E-state index is 0.00133. The van der Waals surface area contributed by atoms with Gasteiger partial charge in [0, 0.05) is 0 Å². The van der Waals surface area contributed by atoms with Crippen LogP contribution in [0, 0.1) is 11.6 Å². The quantitative estimate of drug-likeness (QED) is 0.556. The maximum Gasteiger partial charge on any atom is 0.488 e. The highest BCUT2D eigenvalue weighted by Crippen LogP contribution is 2.18. The van der Waals surface area contributed by atoms with Gasteiger partial charge in [0.05, 0.1) is 0 Å². The fraction of sp³-hybridized carbons (Fsp3) is 0.111. The van der Waals surface area contributed by atoms with Gasteiger partial charge < -0.3 is 14.8 Å². The predicted octanol–water partition coefficient (Wildman–Crippen LogP) is 0.209. The van der Waals surface area contributed by atoms with Crippen LogP contribution in [0.4, 0.5) is 8.78 Å². The largest absolute Gasteiger partial charge is 0.488 e. The molecule has 0 saturated heterocycles. The van der Waals surface area contributed by atoms with Crippen molar-refractivity contribution in [2.24, 2.45) is 0 Å². The monoisotopic (exact) mass is 214 g/mol. The van der Waals surface area contributed by atoms with Crippen molar-refractivity contribution < 1.29 is 23.6 Å². The normalized spacial score (nSPS) is 9.87. The van der Waals surface area contributed by atoms with Gasteiger partial charge in [-0.25, -0.2) is 4.39 Å². The van der Waals surface area contributed by atoms with E-state index in [1.165, 1.54) is 6.08 Å². The molecule has 0 aliphatic carbocycles. The molecule has 1 aromatic rings. The molecule has 1 aromatic carbocycles. The summed E-state index contributed by atoms with van der Waals surface area (Å²) in [5.74, 6) is -2.74. The summed E-state index contributed by atoms with van der Waals surface area (Å²) in [6, 6.07) is 1.72. The van der Waals surface area contributed by atoms with Crippen molar-refractivity contribution in [2.75, 3.05) is 6.61 Å². The lowest BCUT2D eigenvalue weighted by Gasteiger charge is -2.07. The second-order valence-corrected chi connectivity index (χ2v) is 2.79. The van der Waals surface area contributed by atoms with Crippen molar-refractivity contribution in [3.63, 3.8) is 0 Å². The fourth-order valence-electron chi connectivity index (χ4n) is 0.987. The molecule has 0 radical (unpaired) electrons. The topological polar surface area (TPSA) is 49.7 Å². The standard InChI is InChI=1S/C9H9BF2O3/c1-2-3-15-8-5-6(10(13)14)4-7(11)9(8)12/h2,4-5,13-14H,1,3H2. The molecule has 15 heavy (non-hydrogen) atoms. The van der Waals surface area contributed by atoms with Crippen molar-refractivity contribution in [3.8, 4) is 5.75 Å². The lowest BCUT2D eigenvalue weighted by Crippen LogP contribution is -2.30. The Morgan fingerprint density at radius 3 is 2.60 bits per heavy atom. The van der Waals surface area contributed by atoms with Crippen molar-refractivity contribution in [1.82, 2.24) is 0 Å². The lowest BCUT2D eigenvalue weighted by atomic mass is 9.80. The van der Waals surface area contributed by atoms with Crippen LogP contribution >= 0.6 is 0 Å². The van der Waals surface area contributed by atoms with E-state index in [1.54, 1.807) is 0 Å². The first-order valence-electron chi connectivity index (χ1n) is 4.15. The number of hydrogen-bond acceptors (Lipinski definition) is 3. The fourth-order valence-corrected chi connectivity index (χ4v) is 0.987. The van der Waals surface area contributed by atoms with Crippen LogP contribution < -0.4 is 10.2 Å². The molecule has 3 nitrogen and oxygen atoms in total. The summed E-state index contributed by atoms with van der Waals surface area (Å²) in [7, 11) is -1.87. The molecule has 0 bridgehead atoms. The SMILES string of the molecule is C=CCOc1cc(B(O)O)cc(F)c1F. The van der Waals surface area contributed by atoms with Crippen molar-refractivity contribution in [1.29, 1.82) is 0 Å². The third-order valence-corrected chi connectivity index (χ3v) is 1.67. The van der Waals surface area contributed by atoms with Gasteiger partial charge in [0.15, 0.2) is 11.6 Å². The summed E-state index contributed by atoms with van der Waals surface area (Å²) in [5, 5.41) is 17.6. The molecule has 0 amide bonds. The summed E-state index contributed by atoms with van der Waals surface area (Å²) in [6.45, 7) is 3.35. The van der Waals surface area contributed by atoms with E-state index in [4.69, 9.17) is 14.8 Å². The zero-order valence-corrected chi connectivity index (χ0v) is 7.78. The van der Waals surface area contributed by atoms with Gasteiger partial charge in [0.25, 0.3) is 0 Å². The first kappa shape index (κ1) is 11.7. The Bertz CT molecular complexity index is 369. The summed E-state index contributed by atoms with van der Waals surface area (Å²) < 4.78 is 30.8. The molecule has 6 heteroatoms. The van der Waals surface area contributed by atoms with E-state index in [0.29, 0.717) is 6.07 Å². The van der Waals surface area contributed by atoms with Crippen molar-refractivity contribution in [2.45, 2.75) is 0 Å². The van der Waals surface area contributed by atoms with Crippen LogP contribution in [0.2, 0.25) is 0 Å². The van der Waals surface area contributed by atoms with E-state index in [2.05, 4.69) is 6.58 Å². The number of benzene rings is 1. The molecule has 0 aromatic heterocycles. The van der Waals surface area contributed by atoms with Crippen LogP contribution in [0.3, 0.4) is 0 Å². The highest BCUT2D eigenvalue weighted by Gasteiger charge is 2.18. The first-order chi connectivity index (χ1) is 7.06. The maximum absolute atomic E-state index is 13.1. The Morgan fingerprint density at radius 1 is 1.40 bits per heavy atom. The van der Waals surface area contributed by atoms with E-state index >= 15 is 0 Å². The molecule has 0 aliphatic heterocycles. The van der Waals surface area contributed by atoms with E-state index < -0.39 is 18.8 Å². The highest BCUT2D eigenvalue weighted by molar-refractivity contribution is 6.58. The molecule has 0 atom stereocenters. The van der Waals surface area contributed by atoms with Crippen LogP contribution in [-0.4, -0.2) is 23.8 Å². The maximum atomic E-state index is 13.1. The lowest BCUT2D eigenvalue weighted by molar-refractivity contribution is 0.332. The average Bonchev–Trinajstić information content (AvgIpc) is 2.19. The summed E-state index contributed by atoms with van der Waals surface area (Å²) in [6.07, 6.45) is 1.36. The predicted molar refractivity (Wildman–Crippen MR) is 51.9 cm³/mol. The zero-order valence-electron chi connectivity index (χ0n) is 7.78. The molecule has 80 valence electrons. The first-order valence-corrected chi connectivity index (χ1v) is 4.15. The Kier molecular flexibility index (Phi) is 3.82. The molecule has 0 unspecified atom stereocenters. The Morgan fingerprint density at radius 2 is 2.07 bits per heavy atom. The highest BCUT2D eigenvalue weighted by atomic mass is 19.2. The number of halogens is 2. The molecule has 0 spiro atoms. The van der Waals surface area contributed by atoms with Gasteiger partial charge in [-0.3, -0.25) is 0 Å². The van der Waals surface area contributed by atoms with Crippen LogP contribution in [0.25, 0.3) is 0 Å². The van der Waals surface area contributed by atoms with Gasteiger partial charge in [-0.15, -0.1) is 0 Å². The second kappa shape index (κ2) is 4.90. The Hall–Kier alpha value is -1.40. The zero-order chi connectivity index (χ0) is 11.4. The van der Waals surface area contributed by atoms with Gasteiger partial charge in [-0.1, -0.05) is 12.7 Å². The van der Waals surface area contributed by atoms with Crippen molar-refractivity contribution in [3.05, 3.63) is 36.4 Å². The molecule has 0 saturated carbocycles. The molecular formula is C9H9BF2O3. The molecule has 2 N–H and O–H groups in total.